The van der Waals surface area contributed by atoms with Gasteiger partial charge in [0.25, 0.3) is 0 Å². The highest BCUT2D eigenvalue weighted by Crippen LogP contribution is 2.52. The fourth-order valence-electron chi connectivity index (χ4n) is 3.31. The molecule has 2 aromatic carbocycles. The van der Waals surface area contributed by atoms with Crippen molar-refractivity contribution in [2.45, 2.75) is 32.1 Å². The summed E-state index contributed by atoms with van der Waals surface area (Å²) in [6.07, 6.45) is 0.920. The first-order valence-electron chi connectivity index (χ1n) is 7.42. The monoisotopic (exact) mass is 280 g/mol. The second-order valence-electron chi connectivity index (χ2n) is 6.13. The number of benzene rings is 2. The highest BCUT2D eigenvalue weighted by molar-refractivity contribution is 5.74. The van der Waals surface area contributed by atoms with Crippen molar-refractivity contribution in [1.29, 1.82) is 0 Å². The Hall–Kier alpha value is -2.09. The Morgan fingerprint density at radius 1 is 0.857 bits per heavy atom. The molecular weight excluding hydrogens is 260 g/mol. The van der Waals surface area contributed by atoms with Crippen LogP contribution in [0.5, 0.6) is 0 Å². The zero-order chi connectivity index (χ0) is 15.0. The van der Waals surface area contributed by atoms with Gasteiger partial charge in [0.15, 0.2) is 0 Å². The molecule has 108 valence electrons. The lowest BCUT2D eigenvalue weighted by atomic mass is 9.60. The van der Waals surface area contributed by atoms with Gasteiger partial charge in [0, 0.05) is 0 Å². The van der Waals surface area contributed by atoms with Crippen LogP contribution in [0.2, 0.25) is 0 Å². The second kappa shape index (κ2) is 5.36. The molecule has 2 heteroatoms. The number of hydrogen-bond donors (Lipinski definition) is 1. The third-order valence-electron chi connectivity index (χ3n) is 4.67. The highest BCUT2D eigenvalue weighted by atomic mass is 16.4. The largest absolute Gasteiger partial charge is 0.481 e. The molecule has 1 unspecified atom stereocenters. The van der Waals surface area contributed by atoms with Crippen molar-refractivity contribution in [2.24, 2.45) is 5.92 Å². The van der Waals surface area contributed by atoms with E-state index in [0.29, 0.717) is 0 Å². The zero-order valence-corrected chi connectivity index (χ0v) is 12.4. The fourth-order valence-corrected chi connectivity index (χ4v) is 3.31. The number of carbonyl (C=O) groups is 1. The van der Waals surface area contributed by atoms with Crippen LogP contribution in [-0.2, 0) is 4.79 Å². The Balaban J connectivity index is 1.85. The molecule has 0 radical (unpaired) electrons. The molecule has 0 aliphatic heterocycles. The number of aliphatic carboxylic acids is 1. The summed E-state index contributed by atoms with van der Waals surface area (Å²) in [5, 5.41) is 9.61. The molecule has 0 spiro atoms. The molecule has 3 atom stereocenters. The smallest absolute Gasteiger partial charge is 0.307 e. The van der Waals surface area contributed by atoms with E-state index in [-0.39, 0.29) is 17.8 Å². The molecule has 1 aliphatic carbocycles. The number of aryl methyl sites for hydroxylation is 2. The normalized spacial score (nSPS) is 24.4. The van der Waals surface area contributed by atoms with Gasteiger partial charge in [-0.1, -0.05) is 59.7 Å². The van der Waals surface area contributed by atoms with Gasteiger partial charge in [-0.15, -0.1) is 0 Å². The van der Waals surface area contributed by atoms with Crippen LogP contribution in [0.4, 0.5) is 0 Å². The molecule has 0 saturated heterocycles. The van der Waals surface area contributed by atoms with Gasteiger partial charge in [-0.3, -0.25) is 4.79 Å². The Kier molecular flexibility index (Phi) is 3.54. The van der Waals surface area contributed by atoms with E-state index in [2.05, 4.69) is 48.5 Å². The van der Waals surface area contributed by atoms with Crippen LogP contribution < -0.4 is 0 Å². The van der Waals surface area contributed by atoms with Gasteiger partial charge in [0.05, 0.1) is 5.92 Å². The molecule has 3 rings (SSSR count). The first kappa shape index (κ1) is 13.9. The third-order valence-corrected chi connectivity index (χ3v) is 4.67. The summed E-state index contributed by atoms with van der Waals surface area (Å²) in [4.78, 5) is 11.7. The van der Waals surface area contributed by atoms with Crippen molar-refractivity contribution in [3.63, 3.8) is 0 Å². The lowest BCUT2D eigenvalue weighted by Gasteiger charge is -2.43. The molecule has 1 fully saturated rings. The van der Waals surface area contributed by atoms with E-state index in [1.165, 1.54) is 11.1 Å². The second-order valence-corrected chi connectivity index (χ2v) is 6.13. The summed E-state index contributed by atoms with van der Waals surface area (Å²) in [5.74, 6) is -0.725. The topological polar surface area (TPSA) is 37.3 Å². The highest BCUT2D eigenvalue weighted by Gasteiger charge is 2.47. The predicted octanol–water partition coefficient (Wildman–Crippen LogP) is 4.28. The lowest BCUT2D eigenvalue weighted by Crippen LogP contribution is -2.38. The molecular formula is C19H20O2. The molecule has 0 bridgehead atoms. The Morgan fingerprint density at radius 3 is 1.57 bits per heavy atom. The molecule has 0 heterocycles. The molecule has 0 aromatic heterocycles. The van der Waals surface area contributed by atoms with E-state index in [0.717, 1.165) is 17.5 Å². The van der Waals surface area contributed by atoms with Crippen LogP contribution >= 0.6 is 0 Å². The minimum Gasteiger partial charge on any atom is -0.481 e. The van der Waals surface area contributed by atoms with Gasteiger partial charge >= 0.3 is 5.97 Å². The molecule has 2 aromatic rings. The summed E-state index contributed by atoms with van der Waals surface area (Å²) in [6, 6.07) is 16.5. The predicted molar refractivity (Wildman–Crippen MR) is 83.6 cm³/mol. The van der Waals surface area contributed by atoms with E-state index in [9.17, 15) is 9.90 Å². The minimum atomic E-state index is -0.683. The van der Waals surface area contributed by atoms with Gasteiger partial charge in [-0.05, 0) is 43.2 Å². The standard InChI is InChI=1S/C19H20O2/c1-12-3-7-14(8-4-12)16-11-17(18(16)19(20)21)15-9-5-13(2)6-10-15/h3-10,16-18H,11H2,1-2H3,(H,20,21)/t16-,17+,18?. The summed E-state index contributed by atoms with van der Waals surface area (Å²) >= 11 is 0. The first-order valence-corrected chi connectivity index (χ1v) is 7.42. The van der Waals surface area contributed by atoms with Gasteiger partial charge in [0.1, 0.15) is 0 Å². The van der Waals surface area contributed by atoms with E-state index >= 15 is 0 Å². The Labute approximate surface area is 125 Å². The van der Waals surface area contributed by atoms with Crippen molar-refractivity contribution in [3.8, 4) is 0 Å². The Bertz CT molecular complexity index is 589. The van der Waals surface area contributed by atoms with Crippen molar-refractivity contribution < 1.29 is 9.90 Å². The summed E-state index contributed by atoms with van der Waals surface area (Å²) in [6.45, 7) is 4.10. The van der Waals surface area contributed by atoms with E-state index in [4.69, 9.17) is 0 Å². The van der Waals surface area contributed by atoms with E-state index < -0.39 is 5.97 Å². The molecule has 0 amide bonds. The molecule has 2 nitrogen and oxygen atoms in total. The van der Waals surface area contributed by atoms with Gasteiger partial charge in [0.2, 0.25) is 0 Å². The third kappa shape index (κ3) is 2.58. The summed E-state index contributed by atoms with van der Waals surface area (Å²) in [5.41, 5.74) is 4.72. The maximum Gasteiger partial charge on any atom is 0.307 e. The number of carboxylic acid groups (broad SMARTS) is 1. The number of rotatable bonds is 3. The lowest BCUT2D eigenvalue weighted by molar-refractivity contribution is -0.146. The molecule has 21 heavy (non-hydrogen) atoms. The van der Waals surface area contributed by atoms with E-state index in [1.807, 2.05) is 13.8 Å². The van der Waals surface area contributed by atoms with Gasteiger partial charge in [-0.25, -0.2) is 0 Å². The quantitative estimate of drug-likeness (QED) is 0.911. The van der Waals surface area contributed by atoms with Crippen molar-refractivity contribution in [2.75, 3.05) is 0 Å². The Morgan fingerprint density at radius 2 is 1.24 bits per heavy atom. The molecule has 1 saturated carbocycles. The number of hydrogen-bond acceptors (Lipinski definition) is 1. The average Bonchev–Trinajstić information content (AvgIpc) is 2.41. The van der Waals surface area contributed by atoms with Crippen LogP contribution in [0.15, 0.2) is 48.5 Å². The SMILES string of the molecule is Cc1ccc([C@H]2C[C@@H](c3ccc(C)cc3)C2C(=O)O)cc1. The summed E-state index contributed by atoms with van der Waals surface area (Å²) in [7, 11) is 0. The van der Waals surface area contributed by atoms with Gasteiger partial charge in [-0.2, -0.15) is 0 Å². The number of carboxylic acids is 1. The average molecular weight is 280 g/mol. The van der Waals surface area contributed by atoms with Crippen LogP contribution in [0, 0.1) is 19.8 Å². The van der Waals surface area contributed by atoms with Crippen molar-refractivity contribution in [1.82, 2.24) is 0 Å². The van der Waals surface area contributed by atoms with Crippen LogP contribution in [0.25, 0.3) is 0 Å². The molecule has 1 N–H and O–H groups in total. The van der Waals surface area contributed by atoms with E-state index in [1.54, 1.807) is 0 Å². The first-order chi connectivity index (χ1) is 10.1. The fraction of sp³-hybridized carbons (Fsp3) is 0.316. The maximum absolute atomic E-state index is 11.7. The van der Waals surface area contributed by atoms with Crippen molar-refractivity contribution >= 4 is 5.97 Å². The van der Waals surface area contributed by atoms with Crippen LogP contribution in [-0.4, -0.2) is 11.1 Å². The summed E-state index contributed by atoms with van der Waals surface area (Å²) < 4.78 is 0. The molecule has 1 aliphatic rings. The van der Waals surface area contributed by atoms with Crippen LogP contribution in [0.1, 0.15) is 40.5 Å². The van der Waals surface area contributed by atoms with Crippen molar-refractivity contribution in [3.05, 3.63) is 70.8 Å². The van der Waals surface area contributed by atoms with Gasteiger partial charge < -0.3 is 5.11 Å². The minimum absolute atomic E-state index is 0.134. The zero-order valence-electron chi connectivity index (χ0n) is 12.4. The van der Waals surface area contributed by atoms with Crippen LogP contribution in [0.3, 0.4) is 0 Å². The maximum atomic E-state index is 11.7.